The molecule has 0 amide bonds. The van der Waals surface area contributed by atoms with Gasteiger partial charge in [-0.1, -0.05) is 24.8 Å². The summed E-state index contributed by atoms with van der Waals surface area (Å²) in [7, 11) is 3.22. The van der Waals surface area contributed by atoms with Gasteiger partial charge in [0.1, 0.15) is 6.04 Å². The highest BCUT2D eigenvalue weighted by Crippen LogP contribution is 2.42. The minimum atomic E-state index is -0.317. The molecule has 142 valence electrons. The second kappa shape index (κ2) is 7.26. The molecule has 1 aromatic heterocycles. The normalized spacial score (nSPS) is 18.6. The lowest BCUT2D eigenvalue weighted by molar-refractivity contribution is -0.116. The van der Waals surface area contributed by atoms with Gasteiger partial charge in [0.05, 0.1) is 14.2 Å². The predicted octanol–water partition coefficient (Wildman–Crippen LogP) is 3.43. The van der Waals surface area contributed by atoms with Gasteiger partial charge in [0.2, 0.25) is 11.1 Å². The fourth-order valence-electron chi connectivity index (χ4n) is 3.66. The van der Waals surface area contributed by atoms with Crippen LogP contribution >= 0.6 is 11.8 Å². The number of allylic oxidation sites excluding steroid dienone is 2. The second-order valence-electron chi connectivity index (χ2n) is 6.41. The minimum Gasteiger partial charge on any atom is -0.493 e. The van der Waals surface area contributed by atoms with Crippen LogP contribution in [0.1, 0.15) is 37.8 Å². The summed E-state index contributed by atoms with van der Waals surface area (Å²) in [5.41, 5.74) is 2.66. The zero-order valence-corrected chi connectivity index (χ0v) is 16.4. The standard InChI is InChI=1S/C19H22N4O3S/c1-4-27-19-21-18-20-12-6-5-7-13(24)16(12)17(23(18)22-19)11-8-9-14(25-2)15(10-11)26-3/h8-10,17H,4-7H2,1-3H3,(H,20,21,22)/t17-/m1/s1. The summed E-state index contributed by atoms with van der Waals surface area (Å²) in [6, 6.07) is 5.42. The van der Waals surface area contributed by atoms with E-state index in [4.69, 9.17) is 9.47 Å². The zero-order valence-electron chi connectivity index (χ0n) is 15.6. The number of carbonyl (C=O) groups excluding carboxylic acids is 1. The number of Topliss-reactive ketones (excluding diaryl/α,β-unsaturated/α-hetero) is 1. The fourth-order valence-corrected chi connectivity index (χ4v) is 4.21. The number of thioether (sulfide) groups is 1. The molecule has 0 unspecified atom stereocenters. The third kappa shape index (κ3) is 3.07. The van der Waals surface area contributed by atoms with E-state index < -0.39 is 0 Å². The number of rotatable bonds is 5. The zero-order chi connectivity index (χ0) is 19.0. The molecule has 2 aromatic rings. The number of ether oxygens (including phenoxy) is 2. The Morgan fingerprint density at radius 3 is 2.81 bits per heavy atom. The molecule has 1 aliphatic heterocycles. The van der Waals surface area contributed by atoms with Crippen LogP contribution in [0.4, 0.5) is 5.95 Å². The molecule has 0 radical (unpaired) electrons. The lowest BCUT2D eigenvalue weighted by atomic mass is 9.85. The highest BCUT2D eigenvalue weighted by molar-refractivity contribution is 7.99. The Balaban J connectivity index is 1.87. The van der Waals surface area contributed by atoms with E-state index in [-0.39, 0.29) is 11.8 Å². The maximum atomic E-state index is 12.8. The number of aromatic nitrogens is 3. The fraction of sp³-hybridized carbons (Fsp3) is 0.421. The number of methoxy groups -OCH3 is 2. The molecule has 27 heavy (non-hydrogen) atoms. The van der Waals surface area contributed by atoms with Crippen molar-refractivity contribution in [1.29, 1.82) is 0 Å². The third-order valence-corrected chi connectivity index (χ3v) is 5.57. The molecule has 1 aromatic carbocycles. The number of anilines is 1. The molecular formula is C19H22N4O3S. The van der Waals surface area contributed by atoms with Crippen molar-refractivity contribution in [2.75, 3.05) is 25.3 Å². The number of ketones is 1. The summed E-state index contributed by atoms with van der Waals surface area (Å²) in [5, 5.41) is 8.71. The van der Waals surface area contributed by atoms with E-state index in [1.54, 1.807) is 26.0 Å². The smallest absolute Gasteiger partial charge is 0.227 e. The van der Waals surface area contributed by atoms with E-state index in [1.807, 2.05) is 22.9 Å². The van der Waals surface area contributed by atoms with Gasteiger partial charge >= 0.3 is 0 Å². The summed E-state index contributed by atoms with van der Waals surface area (Å²) in [6.45, 7) is 2.07. The summed E-state index contributed by atoms with van der Waals surface area (Å²) in [5.74, 6) is 3.01. The number of benzene rings is 1. The monoisotopic (exact) mass is 386 g/mol. The molecule has 0 bridgehead atoms. The molecule has 0 saturated carbocycles. The lowest BCUT2D eigenvalue weighted by Crippen LogP contribution is -2.31. The molecule has 1 aliphatic carbocycles. The van der Waals surface area contributed by atoms with Crippen LogP contribution in [0, 0.1) is 0 Å². The summed E-state index contributed by atoms with van der Waals surface area (Å²) in [6.07, 6.45) is 2.26. The van der Waals surface area contributed by atoms with Crippen LogP contribution in [-0.2, 0) is 4.79 Å². The van der Waals surface area contributed by atoms with Gasteiger partial charge < -0.3 is 14.8 Å². The molecule has 2 heterocycles. The molecule has 4 rings (SSSR count). The van der Waals surface area contributed by atoms with Crippen molar-refractivity contribution in [3.05, 3.63) is 35.0 Å². The summed E-state index contributed by atoms with van der Waals surface area (Å²) in [4.78, 5) is 17.4. The van der Waals surface area contributed by atoms with E-state index in [0.717, 1.165) is 35.4 Å². The van der Waals surface area contributed by atoms with Crippen LogP contribution in [0.3, 0.4) is 0 Å². The maximum absolute atomic E-state index is 12.8. The Kier molecular flexibility index (Phi) is 4.82. The number of carbonyl (C=O) groups is 1. The first-order chi connectivity index (χ1) is 13.2. The first kappa shape index (κ1) is 17.9. The van der Waals surface area contributed by atoms with Crippen LogP contribution in [-0.4, -0.2) is 40.5 Å². The number of fused-ring (bicyclic) bond motifs is 1. The Morgan fingerprint density at radius 1 is 1.26 bits per heavy atom. The van der Waals surface area contributed by atoms with Crippen molar-refractivity contribution < 1.29 is 14.3 Å². The molecule has 8 heteroatoms. The van der Waals surface area contributed by atoms with Gasteiger partial charge in [-0.15, -0.1) is 5.10 Å². The van der Waals surface area contributed by atoms with Gasteiger partial charge in [-0.25, -0.2) is 4.68 Å². The quantitative estimate of drug-likeness (QED) is 0.789. The van der Waals surface area contributed by atoms with E-state index >= 15 is 0 Å². The topological polar surface area (TPSA) is 78.3 Å². The second-order valence-corrected chi connectivity index (χ2v) is 7.64. The molecule has 7 nitrogen and oxygen atoms in total. The average molecular weight is 386 g/mol. The molecular weight excluding hydrogens is 364 g/mol. The lowest BCUT2D eigenvalue weighted by Gasteiger charge is -2.32. The van der Waals surface area contributed by atoms with Gasteiger partial charge in [0.15, 0.2) is 17.3 Å². The van der Waals surface area contributed by atoms with Gasteiger partial charge in [-0.2, -0.15) is 4.98 Å². The Labute approximate surface area is 162 Å². The molecule has 0 fully saturated rings. The van der Waals surface area contributed by atoms with Gasteiger partial charge in [0.25, 0.3) is 0 Å². The highest BCUT2D eigenvalue weighted by Gasteiger charge is 2.37. The van der Waals surface area contributed by atoms with Crippen molar-refractivity contribution in [1.82, 2.24) is 14.8 Å². The first-order valence-corrected chi connectivity index (χ1v) is 9.99. The molecule has 2 aliphatic rings. The van der Waals surface area contributed by atoms with E-state index in [2.05, 4.69) is 22.3 Å². The maximum Gasteiger partial charge on any atom is 0.227 e. The van der Waals surface area contributed by atoms with Crippen molar-refractivity contribution in [3.8, 4) is 11.5 Å². The van der Waals surface area contributed by atoms with Crippen molar-refractivity contribution in [3.63, 3.8) is 0 Å². The number of hydrogen-bond donors (Lipinski definition) is 1. The highest BCUT2D eigenvalue weighted by atomic mass is 32.2. The molecule has 0 spiro atoms. The molecule has 1 atom stereocenters. The van der Waals surface area contributed by atoms with E-state index in [0.29, 0.717) is 29.0 Å². The average Bonchev–Trinajstić information content (AvgIpc) is 3.08. The molecule has 1 N–H and O–H groups in total. The van der Waals surface area contributed by atoms with Crippen molar-refractivity contribution in [2.45, 2.75) is 37.4 Å². The van der Waals surface area contributed by atoms with E-state index in [1.165, 1.54) is 0 Å². The largest absolute Gasteiger partial charge is 0.493 e. The third-order valence-electron chi connectivity index (χ3n) is 4.85. The van der Waals surface area contributed by atoms with Crippen LogP contribution in [0.25, 0.3) is 0 Å². The van der Waals surface area contributed by atoms with Gasteiger partial charge in [0, 0.05) is 17.7 Å². The first-order valence-electron chi connectivity index (χ1n) is 9.00. The minimum absolute atomic E-state index is 0.161. The van der Waals surface area contributed by atoms with Crippen LogP contribution < -0.4 is 14.8 Å². The Morgan fingerprint density at radius 2 is 2.07 bits per heavy atom. The van der Waals surface area contributed by atoms with Crippen molar-refractivity contribution in [2.24, 2.45) is 0 Å². The van der Waals surface area contributed by atoms with Gasteiger partial charge in [-0.05, 0) is 36.3 Å². The summed E-state index contributed by atoms with van der Waals surface area (Å²) < 4.78 is 12.6. The number of hydrogen-bond acceptors (Lipinski definition) is 7. The molecule has 0 saturated heterocycles. The number of nitrogens with zero attached hydrogens (tertiary/aromatic N) is 3. The predicted molar refractivity (Wildman–Crippen MR) is 104 cm³/mol. The summed E-state index contributed by atoms with van der Waals surface area (Å²) >= 11 is 1.58. The van der Waals surface area contributed by atoms with Crippen LogP contribution in [0.2, 0.25) is 0 Å². The van der Waals surface area contributed by atoms with Crippen LogP contribution in [0.15, 0.2) is 34.6 Å². The SMILES string of the molecule is CCSc1nc2n(n1)[C@H](c1ccc(OC)c(OC)c1)C1=C(CCCC1=O)N2. The van der Waals surface area contributed by atoms with Crippen LogP contribution in [0.5, 0.6) is 11.5 Å². The Bertz CT molecular complexity index is 922. The van der Waals surface area contributed by atoms with E-state index in [9.17, 15) is 4.79 Å². The number of nitrogens with one attached hydrogen (secondary N) is 1. The van der Waals surface area contributed by atoms with Crippen molar-refractivity contribution >= 4 is 23.5 Å². The van der Waals surface area contributed by atoms with Gasteiger partial charge in [-0.3, -0.25) is 4.79 Å². The Hall–Kier alpha value is -2.48.